The number of hydrogen-bond donors (Lipinski definition) is 0. The van der Waals surface area contributed by atoms with E-state index in [0.29, 0.717) is 11.8 Å². The van der Waals surface area contributed by atoms with E-state index in [1.807, 2.05) is 13.8 Å². The first-order chi connectivity index (χ1) is 7.97. The second-order valence-electron chi connectivity index (χ2n) is 6.03. The Morgan fingerprint density at radius 2 is 2.00 bits per heavy atom. The summed E-state index contributed by atoms with van der Waals surface area (Å²) in [5.74, 6) is -0.0403. The molecule has 0 aromatic rings. The summed E-state index contributed by atoms with van der Waals surface area (Å²) in [4.78, 5) is 23.9. The number of rotatable bonds is 1. The number of ether oxygens (including phenoxy) is 2. The van der Waals surface area contributed by atoms with Crippen molar-refractivity contribution in [2.75, 3.05) is 7.11 Å². The van der Waals surface area contributed by atoms with E-state index in [1.165, 1.54) is 7.11 Å². The smallest absolute Gasteiger partial charge is 0.310 e. The Bertz CT molecular complexity index is 387. The summed E-state index contributed by atoms with van der Waals surface area (Å²) in [5.41, 5.74) is -0.428. The molecular formula is C13H18O4. The molecule has 4 bridgehead atoms. The molecule has 94 valence electrons. The Morgan fingerprint density at radius 3 is 2.65 bits per heavy atom. The van der Waals surface area contributed by atoms with Gasteiger partial charge in [0.25, 0.3) is 0 Å². The van der Waals surface area contributed by atoms with Crippen molar-refractivity contribution in [3.8, 4) is 0 Å². The van der Waals surface area contributed by atoms with Crippen molar-refractivity contribution < 1.29 is 19.1 Å². The Balaban J connectivity index is 2.03. The maximum Gasteiger partial charge on any atom is 0.310 e. The van der Waals surface area contributed by atoms with E-state index >= 15 is 0 Å². The Labute approximate surface area is 101 Å². The van der Waals surface area contributed by atoms with Gasteiger partial charge < -0.3 is 9.47 Å². The summed E-state index contributed by atoms with van der Waals surface area (Å²) in [6, 6.07) is 0. The predicted octanol–water partition coefficient (Wildman–Crippen LogP) is 1.38. The highest BCUT2D eigenvalue weighted by Gasteiger charge is 2.68. The molecule has 1 aliphatic heterocycles. The van der Waals surface area contributed by atoms with E-state index in [4.69, 9.17) is 9.47 Å². The molecule has 3 fully saturated rings. The zero-order valence-electron chi connectivity index (χ0n) is 10.4. The van der Waals surface area contributed by atoms with Crippen molar-refractivity contribution in [3.63, 3.8) is 0 Å². The molecule has 0 radical (unpaired) electrons. The molecule has 2 saturated carbocycles. The van der Waals surface area contributed by atoms with Crippen LogP contribution < -0.4 is 0 Å². The zero-order valence-corrected chi connectivity index (χ0v) is 10.4. The van der Waals surface area contributed by atoms with Crippen LogP contribution in [-0.2, 0) is 19.1 Å². The van der Waals surface area contributed by atoms with Gasteiger partial charge in [0.15, 0.2) is 0 Å². The molecule has 4 nitrogen and oxygen atoms in total. The normalized spacial score (nSPS) is 45.6. The lowest BCUT2D eigenvalue weighted by molar-refractivity contribution is -0.181. The molecule has 1 heterocycles. The lowest BCUT2D eigenvalue weighted by Crippen LogP contribution is -2.46. The molecule has 4 heteroatoms. The lowest BCUT2D eigenvalue weighted by atomic mass is 9.77. The molecule has 1 saturated heterocycles. The number of carbonyl (C=O) groups is 2. The second-order valence-corrected chi connectivity index (χ2v) is 6.03. The number of hydrogen-bond acceptors (Lipinski definition) is 4. The first-order valence-corrected chi connectivity index (χ1v) is 6.28. The maximum atomic E-state index is 12.1. The lowest BCUT2D eigenvalue weighted by Gasteiger charge is -2.39. The first-order valence-electron chi connectivity index (χ1n) is 6.28. The molecule has 17 heavy (non-hydrogen) atoms. The minimum absolute atomic E-state index is 0.200. The van der Waals surface area contributed by atoms with Crippen LogP contribution in [0.1, 0.15) is 26.7 Å². The molecule has 0 amide bonds. The Hall–Kier alpha value is -1.06. The standard InChI is InChI=1S/C13H18O4/c1-13(2)10-6-4-5-7(10)9(12(15)17-13)8(6)11(14)16-3/h6-10H,4-5H2,1-3H3/t6-,7-,8-,9-,10+/m0/s1. The van der Waals surface area contributed by atoms with Crippen molar-refractivity contribution >= 4 is 11.9 Å². The molecule has 3 rings (SSSR count). The molecule has 0 spiro atoms. The number of methoxy groups -OCH3 is 1. The van der Waals surface area contributed by atoms with Gasteiger partial charge in [0.1, 0.15) is 5.60 Å². The van der Waals surface area contributed by atoms with Gasteiger partial charge in [-0.1, -0.05) is 0 Å². The van der Waals surface area contributed by atoms with E-state index in [2.05, 4.69) is 0 Å². The summed E-state index contributed by atoms with van der Waals surface area (Å²) >= 11 is 0. The highest BCUT2D eigenvalue weighted by Crippen LogP contribution is 2.63. The summed E-state index contributed by atoms with van der Waals surface area (Å²) in [7, 11) is 1.40. The molecule has 3 aliphatic rings. The van der Waals surface area contributed by atoms with Crippen LogP contribution in [0.4, 0.5) is 0 Å². The fourth-order valence-corrected chi connectivity index (χ4v) is 4.61. The van der Waals surface area contributed by atoms with Gasteiger partial charge in [-0.2, -0.15) is 0 Å². The summed E-state index contributed by atoms with van der Waals surface area (Å²) in [6.45, 7) is 3.94. The van der Waals surface area contributed by atoms with Gasteiger partial charge in [-0.25, -0.2) is 0 Å². The fourth-order valence-electron chi connectivity index (χ4n) is 4.61. The minimum Gasteiger partial charge on any atom is -0.469 e. The third-order valence-electron chi connectivity index (χ3n) is 4.98. The third-order valence-corrected chi connectivity index (χ3v) is 4.98. The number of carbonyl (C=O) groups excluding carboxylic acids is 2. The SMILES string of the molecule is COC(=O)[C@H]1[C@@H]2CC[C@H]3[C@@H]1C(=O)OC(C)(C)[C@H]23. The fraction of sp³-hybridized carbons (Fsp3) is 0.846. The zero-order chi connectivity index (χ0) is 12.4. The summed E-state index contributed by atoms with van der Waals surface area (Å²) in [5, 5.41) is 0. The van der Waals surface area contributed by atoms with Gasteiger partial charge in [-0.15, -0.1) is 0 Å². The number of esters is 2. The molecular weight excluding hydrogens is 220 g/mol. The first kappa shape index (κ1) is 11.1. The van der Waals surface area contributed by atoms with Crippen molar-refractivity contribution in [2.45, 2.75) is 32.3 Å². The monoisotopic (exact) mass is 238 g/mol. The van der Waals surface area contributed by atoms with Crippen LogP contribution in [0.5, 0.6) is 0 Å². The van der Waals surface area contributed by atoms with E-state index in [1.54, 1.807) is 0 Å². The van der Waals surface area contributed by atoms with Crippen LogP contribution in [-0.4, -0.2) is 24.6 Å². The van der Waals surface area contributed by atoms with E-state index in [0.717, 1.165) is 12.8 Å². The van der Waals surface area contributed by atoms with Crippen molar-refractivity contribution in [1.29, 1.82) is 0 Å². The average molecular weight is 238 g/mol. The van der Waals surface area contributed by atoms with Gasteiger partial charge in [0, 0.05) is 5.92 Å². The topological polar surface area (TPSA) is 52.6 Å². The number of cyclic esters (lactones) is 1. The Morgan fingerprint density at radius 1 is 1.35 bits per heavy atom. The van der Waals surface area contributed by atoms with E-state index in [9.17, 15) is 9.59 Å². The second kappa shape index (κ2) is 3.24. The van der Waals surface area contributed by atoms with Crippen LogP contribution in [0, 0.1) is 29.6 Å². The van der Waals surface area contributed by atoms with Crippen LogP contribution in [0.15, 0.2) is 0 Å². The predicted molar refractivity (Wildman–Crippen MR) is 58.9 cm³/mol. The molecule has 0 N–H and O–H groups in total. The van der Waals surface area contributed by atoms with Gasteiger partial charge >= 0.3 is 11.9 Å². The van der Waals surface area contributed by atoms with E-state index < -0.39 is 5.60 Å². The van der Waals surface area contributed by atoms with Gasteiger partial charge in [-0.3, -0.25) is 9.59 Å². The molecule has 5 atom stereocenters. The molecule has 0 aromatic heterocycles. The quantitative estimate of drug-likeness (QED) is 0.648. The van der Waals surface area contributed by atoms with Crippen molar-refractivity contribution in [2.24, 2.45) is 29.6 Å². The summed E-state index contributed by atoms with van der Waals surface area (Å²) in [6.07, 6.45) is 2.07. The Kier molecular flexibility index (Phi) is 2.11. The molecule has 2 aliphatic carbocycles. The minimum atomic E-state index is -0.428. The molecule has 0 unspecified atom stereocenters. The van der Waals surface area contributed by atoms with Gasteiger partial charge in [-0.05, 0) is 38.5 Å². The van der Waals surface area contributed by atoms with Crippen molar-refractivity contribution in [3.05, 3.63) is 0 Å². The summed E-state index contributed by atoms with van der Waals surface area (Å²) < 4.78 is 10.4. The average Bonchev–Trinajstić information content (AvgIpc) is 2.79. The maximum absolute atomic E-state index is 12.1. The molecule has 0 aromatic carbocycles. The largest absolute Gasteiger partial charge is 0.469 e. The highest BCUT2D eigenvalue weighted by atomic mass is 16.6. The van der Waals surface area contributed by atoms with Gasteiger partial charge in [0.2, 0.25) is 0 Å². The highest BCUT2D eigenvalue weighted by molar-refractivity contribution is 5.85. The van der Waals surface area contributed by atoms with Gasteiger partial charge in [0.05, 0.1) is 18.9 Å². The van der Waals surface area contributed by atoms with Crippen molar-refractivity contribution in [1.82, 2.24) is 0 Å². The van der Waals surface area contributed by atoms with E-state index in [-0.39, 0.29) is 29.7 Å². The van der Waals surface area contributed by atoms with Crippen LogP contribution in [0.2, 0.25) is 0 Å². The van der Waals surface area contributed by atoms with Crippen LogP contribution in [0.25, 0.3) is 0 Å². The van der Waals surface area contributed by atoms with Crippen LogP contribution in [0.3, 0.4) is 0 Å². The van der Waals surface area contributed by atoms with Crippen LogP contribution >= 0.6 is 0 Å². The third kappa shape index (κ3) is 1.24.